The minimum Gasteiger partial charge on any atom is -0.378 e. The van der Waals surface area contributed by atoms with Gasteiger partial charge in [-0.1, -0.05) is 27.7 Å². The molecule has 0 aliphatic carbocycles. The summed E-state index contributed by atoms with van der Waals surface area (Å²) in [7, 11) is 0. The fourth-order valence-corrected chi connectivity index (χ4v) is 2.48. The predicted molar refractivity (Wildman–Crippen MR) is 68.8 cm³/mol. The molecule has 0 bridgehead atoms. The number of hydrogen-bond donors (Lipinski definition) is 1. The Bertz CT molecular complexity index is 185. The summed E-state index contributed by atoms with van der Waals surface area (Å²) >= 11 is 0. The predicted octanol–water partition coefficient (Wildman–Crippen LogP) is 1.73. The van der Waals surface area contributed by atoms with E-state index in [-0.39, 0.29) is 0 Å². The van der Waals surface area contributed by atoms with Gasteiger partial charge in [-0.25, -0.2) is 0 Å². The van der Waals surface area contributed by atoms with Crippen LogP contribution in [0.2, 0.25) is 0 Å². The second kappa shape index (κ2) is 7.25. The lowest BCUT2D eigenvalue weighted by Gasteiger charge is -2.42. The molecule has 0 saturated carbocycles. The Morgan fingerprint density at radius 2 is 2.12 bits per heavy atom. The first-order chi connectivity index (χ1) is 7.70. The molecule has 1 aliphatic heterocycles. The molecule has 0 amide bonds. The van der Waals surface area contributed by atoms with Crippen molar-refractivity contribution < 1.29 is 4.74 Å². The number of hydrogen-bond acceptors (Lipinski definition) is 3. The number of likely N-dealkylation sites (N-methyl/N-ethyl adjacent to an activating group) is 1. The lowest BCUT2D eigenvalue weighted by atomic mass is 9.99. The smallest absolute Gasteiger partial charge is 0.0622 e. The van der Waals surface area contributed by atoms with Gasteiger partial charge in [-0.2, -0.15) is 0 Å². The van der Waals surface area contributed by atoms with Crippen molar-refractivity contribution >= 4 is 0 Å². The second-order valence-electron chi connectivity index (χ2n) is 4.99. The minimum absolute atomic E-state index is 0.611. The van der Waals surface area contributed by atoms with Crippen molar-refractivity contribution in [2.75, 3.05) is 32.8 Å². The third-order valence-electron chi connectivity index (χ3n) is 3.54. The highest BCUT2D eigenvalue weighted by Gasteiger charge is 2.29. The summed E-state index contributed by atoms with van der Waals surface area (Å²) in [6.45, 7) is 14.1. The fourth-order valence-electron chi connectivity index (χ4n) is 2.48. The maximum absolute atomic E-state index is 5.58. The molecule has 0 aromatic heterocycles. The van der Waals surface area contributed by atoms with Gasteiger partial charge in [0.1, 0.15) is 0 Å². The highest BCUT2D eigenvalue weighted by molar-refractivity contribution is 4.84. The zero-order chi connectivity index (χ0) is 12.0. The van der Waals surface area contributed by atoms with Gasteiger partial charge in [0, 0.05) is 25.2 Å². The first kappa shape index (κ1) is 13.9. The van der Waals surface area contributed by atoms with Crippen LogP contribution < -0.4 is 5.32 Å². The molecule has 3 nitrogen and oxygen atoms in total. The average molecular weight is 228 g/mol. The van der Waals surface area contributed by atoms with Crippen molar-refractivity contribution in [2.24, 2.45) is 5.92 Å². The van der Waals surface area contributed by atoms with Crippen LogP contribution in [-0.2, 0) is 4.74 Å². The van der Waals surface area contributed by atoms with E-state index in [1.165, 1.54) is 6.42 Å². The van der Waals surface area contributed by atoms with E-state index in [1.54, 1.807) is 0 Å². The molecule has 1 heterocycles. The van der Waals surface area contributed by atoms with Gasteiger partial charge in [-0.15, -0.1) is 0 Å². The van der Waals surface area contributed by atoms with E-state index >= 15 is 0 Å². The highest BCUT2D eigenvalue weighted by atomic mass is 16.5. The van der Waals surface area contributed by atoms with Gasteiger partial charge in [0.15, 0.2) is 0 Å². The Balaban J connectivity index is 2.58. The van der Waals surface area contributed by atoms with Crippen LogP contribution in [0.4, 0.5) is 0 Å². The van der Waals surface area contributed by atoms with Gasteiger partial charge in [0.2, 0.25) is 0 Å². The molecule has 2 unspecified atom stereocenters. The van der Waals surface area contributed by atoms with Crippen LogP contribution in [0.5, 0.6) is 0 Å². The maximum Gasteiger partial charge on any atom is 0.0622 e. The quantitative estimate of drug-likeness (QED) is 0.749. The van der Waals surface area contributed by atoms with Crippen LogP contribution in [0.15, 0.2) is 0 Å². The van der Waals surface area contributed by atoms with Crippen molar-refractivity contribution in [3.63, 3.8) is 0 Å². The Morgan fingerprint density at radius 3 is 2.69 bits per heavy atom. The van der Waals surface area contributed by atoms with Crippen LogP contribution in [0.25, 0.3) is 0 Å². The highest BCUT2D eigenvalue weighted by Crippen LogP contribution is 2.18. The topological polar surface area (TPSA) is 24.5 Å². The van der Waals surface area contributed by atoms with Crippen molar-refractivity contribution in [1.29, 1.82) is 0 Å². The maximum atomic E-state index is 5.58. The van der Waals surface area contributed by atoms with E-state index in [9.17, 15) is 0 Å². The van der Waals surface area contributed by atoms with E-state index in [4.69, 9.17) is 4.74 Å². The first-order valence-corrected chi connectivity index (χ1v) is 6.74. The fraction of sp³-hybridized carbons (Fsp3) is 1.00. The van der Waals surface area contributed by atoms with Crippen molar-refractivity contribution in [2.45, 2.75) is 46.2 Å². The molecule has 1 fully saturated rings. The number of nitrogens with one attached hydrogen (secondary N) is 1. The van der Waals surface area contributed by atoms with Gasteiger partial charge in [0.25, 0.3) is 0 Å². The first-order valence-electron chi connectivity index (χ1n) is 6.74. The van der Waals surface area contributed by atoms with Crippen molar-refractivity contribution in [3.8, 4) is 0 Å². The number of rotatable bonds is 6. The molecular weight excluding hydrogens is 200 g/mol. The van der Waals surface area contributed by atoms with Gasteiger partial charge < -0.3 is 10.1 Å². The van der Waals surface area contributed by atoms with Crippen molar-refractivity contribution in [3.05, 3.63) is 0 Å². The third kappa shape index (κ3) is 3.72. The molecule has 0 aromatic rings. The number of morpholine rings is 1. The lowest BCUT2D eigenvalue weighted by molar-refractivity contribution is -0.0388. The van der Waals surface area contributed by atoms with E-state index < -0.39 is 0 Å². The summed E-state index contributed by atoms with van der Waals surface area (Å²) < 4.78 is 5.58. The van der Waals surface area contributed by atoms with Gasteiger partial charge in [-0.05, 0) is 18.9 Å². The monoisotopic (exact) mass is 228 g/mol. The van der Waals surface area contributed by atoms with Gasteiger partial charge >= 0.3 is 0 Å². The molecule has 3 heteroatoms. The third-order valence-corrected chi connectivity index (χ3v) is 3.54. The van der Waals surface area contributed by atoms with Crippen LogP contribution in [0.3, 0.4) is 0 Å². The minimum atomic E-state index is 0.611. The Hall–Kier alpha value is -0.120. The molecule has 0 spiro atoms. The Morgan fingerprint density at radius 1 is 1.38 bits per heavy atom. The number of ether oxygens (including phenoxy) is 1. The average Bonchev–Trinajstić information content (AvgIpc) is 2.29. The summed E-state index contributed by atoms with van der Waals surface area (Å²) in [5.41, 5.74) is 0. The van der Waals surface area contributed by atoms with Crippen molar-refractivity contribution in [1.82, 2.24) is 10.2 Å². The Labute approximate surface area is 101 Å². The zero-order valence-corrected chi connectivity index (χ0v) is 11.3. The van der Waals surface area contributed by atoms with Crippen LogP contribution >= 0.6 is 0 Å². The van der Waals surface area contributed by atoms with Crippen LogP contribution in [0.1, 0.15) is 34.1 Å². The normalized spacial score (nSPS) is 24.9. The second-order valence-corrected chi connectivity index (χ2v) is 4.99. The van der Waals surface area contributed by atoms with Crippen LogP contribution in [0, 0.1) is 5.92 Å². The summed E-state index contributed by atoms with van der Waals surface area (Å²) in [4.78, 5) is 2.65. The molecule has 2 atom stereocenters. The summed E-state index contributed by atoms with van der Waals surface area (Å²) in [6, 6.07) is 1.26. The van der Waals surface area contributed by atoms with E-state index in [1.807, 2.05) is 0 Å². The summed E-state index contributed by atoms with van der Waals surface area (Å²) in [5.74, 6) is 0.700. The number of nitrogens with zero attached hydrogens (tertiary/aromatic N) is 1. The standard InChI is InChI=1S/C13H28N2O/c1-5-12-10-16-8-7-15(12)13(11(3)4)9-14-6-2/h11-14H,5-10H2,1-4H3. The molecule has 96 valence electrons. The molecule has 1 aliphatic rings. The summed E-state index contributed by atoms with van der Waals surface area (Å²) in [6.07, 6.45) is 1.19. The molecule has 0 radical (unpaired) electrons. The van der Waals surface area contributed by atoms with Crippen LogP contribution in [-0.4, -0.2) is 49.8 Å². The van der Waals surface area contributed by atoms with E-state index in [0.29, 0.717) is 18.0 Å². The van der Waals surface area contributed by atoms with Gasteiger partial charge in [-0.3, -0.25) is 4.90 Å². The SMILES string of the molecule is CCNCC(C(C)C)N1CCOCC1CC. The molecule has 1 saturated heterocycles. The molecule has 16 heavy (non-hydrogen) atoms. The molecule has 0 aromatic carbocycles. The molecular formula is C13H28N2O. The lowest BCUT2D eigenvalue weighted by Crippen LogP contribution is -2.55. The van der Waals surface area contributed by atoms with E-state index in [0.717, 1.165) is 32.8 Å². The summed E-state index contributed by atoms with van der Waals surface area (Å²) in [5, 5.41) is 3.49. The van der Waals surface area contributed by atoms with Gasteiger partial charge in [0.05, 0.1) is 13.2 Å². The molecule has 1 N–H and O–H groups in total. The zero-order valence-electron chi connectivity index (χ0n) is 11.3. The largest absolute Gasteiger partial charge is 0.378 e. The van der Waals surface area contributed by atoms with E-state index in [2.05, 4.69) is 37.9 Å². The molecule has 1 rings (SSSR count). The Kier molecular flexibility index (Phi) is 6.32.